The summed E-state index contributed by atoms with van der Waals surface area (Å²) in [6.07, 6.45) is 0. The van der Waals surface area contributed by atoms with Gasteiger partial charge in [0.25, 0.3) is 5.69 Å². The van der Waals surface area contributed by atoms with Crippen LogP contribution in [0.5, 0.6) is 0 Å². The van der Waals surface area contributed by atoms with E-state index < -0.39 is 4.92 Å². The molecule has 2 N–H and O–H groups in total. The van der Waals surface area contributed by atoms with Crippen molar-refractivity contribution in [2.75, 3.05) is 17.2 Å². The third-order valence-corrected chi connectivity index (χ3v) is 3.86. The minimum Gasteiger partial charge on any atom is -0.375 e. The van der Waals surface area contributed by atoms with Gasteiger partial charge in [-0.25, -0.2) is 0 Å². The average Bonchev–Trinajstić information content (AvgIpc) is 2.49. The Morgan fingerprint density at radius 1 is 1.17 bits per heavy atom. The van der Waals surface area contributed by atoms with E-state index in [1.54, 1.807) is 0 Å². The third-order valence-electron chi connectivity index (χ3n) is 3.54. The monoisotopic (exact) mass is 347 g/mol. The Morgan fingerprint density at radius 3 is 2.33 bits per heavy atom. The standard InChI is InChI=1S/C17H18ClN3O3/c1-10-6-11(2)17(12(3)7-10)20-16(22)9-19-15-5-4-13(21(23)24)8-14(15)18/h4-8,19H,9H2,1-3H3,(H,20,22). The predicted molar refractivity (Wildman–Crippen MR) is 95.9 cm³/mol. The second kappa shape index (κ2) is 7.31. The molecule has 0 spiro atoms. The van der Waals surface area contributed by atoms with Crippen molar-refractivity contribution < 1.29 is 9.72 Å². The lowest BCUT2D eigenvalue weighted by molar-refractivity contribution is -0.384. The van der Waals surface area contributed by atoms with Crippen molar-refractivity contribution in [2.45, 2.75) is 20.8 Å². The minimum absolute atomic E-state index is 0.00425. The molecule has 0 atom stereocenters. The fraction of sp³-hybridized carbons (Fsp3) is 0.235. The van der Waals surface area contributed by atoms with Gasteiger partial charge < -0.3 is 10.6 Å². The number of rotatable bonds is 5. The number of nitro benzene ring substituents is 1. The highest BCUT2D eigenvalue weighted by Gasteiger charge is 2.11. The minimum atomic E-state index is -0.523. The molecular weight excluding hydrogens is 330 g/mol. The van der Waals surface area contributed by atoms with Crippen LogP contribution in [0, 0.1) is 30.9 Å². The van der Waals surface area contributed by atoms with Crippen molar-refractivity contribution >= 4 is 34.6 Å². The van der Waals surface area contributed by atoms with Crippen LogP contribution in [0.15, 0.2) is 30.3 Å². The maximum atomic E-state index is 12.1. The molecule has 0 aliphatic heterocycles. The summed E-state index contributed by atoms with van der Waals surface area (Å²) in [4.78, 5) is 22.3. The number of nitrogens with one attached hydrogen (secondary N) is 2. The molecular formula is C17H18ClN3O3. The maximum Gasteiger partial charge on any atom is 0.271 e. The number of carbonyl (C=O) groups excluding carboxylic acids is 1. The first kappa shape index (κ1) is 17.7. The number of carbonyl (C=O) groups is 1. The molecule has 7 heteroatoms. The van der Waals surface area contributed by atoms with Gasteiger partial charge in [-0.15, -0.1) is 0 Å². The van der Waals surface area contributed by atoms with Gasteiger partial charge >= 0.3 is 0 Å². The van der Waals surface area contributed by atoms with Crippen molar-refractivity contribution in [1.29, 1.82) is 0 Å². The summed E-state index contributed by atoms with van der Waals surface area (Å²) >= 11 is 5.99. The first-order valence-corrected chi connectivity index (χ1v) is 7.71. The fourth-order valence-electron chi connectivity index (χ4n) is 2.50. The lowest BCUT2D eigenvalue weighted by Gasteiger charge is -2.14. The molecule has 0 radical (unpaired) electrons. The molecule has 2 rings (SSSR count). The second-order valence-corrected chi connectivity index (χ2v) is 6.00. The largest absolute Gasteiger partial charge is 0.375 e. The third kappa shape index (κ3) is 4.23. The van der Waals surface area contributed by atoms with E-state index in [0.29, 0.717) is 5.69 Å². The van der Waals surface area contributed by atoms with Crippen LogP contribution in [0.25, 0.3) is 0 Å². The zero-order valence-corrected chi connectivity index (χ0v) is 14.4. The molecule has 0 aliphatic rings. The maximum absolute atomic E-state index is 12.1. The van der Waals surface area contributed by atoms with E-state index in [2.05, 4.69) is 10.6 Å². The zero-order chi connectivity index (χ0) is 17.9. The summed E-state index contributed by atoms with van der Waals surface area (Å²) in [5.41, 5.74) is 4.29. The van der Waals surface area contributed by atoms with E-state index in [1.165, 1.54) is 18.2 Å². The van der Waals surface area contributed by atoms with Crippen LogP contribution >= 0.6 is 11.6 Å². The van der Waals surface area contributed by atoms with E-state index in [4.69, 9.17) is 11.6 Å². The second-order valence-electron chi connectivity index (χ2n) is 5.60. The van der Waals surface area contributed by atoms with Crippen LogP contribution in [0.4, 0.5) is 17.1 Å². The summed E-state index contributed by atoms with van der Waals surface area (Å²) in [5.74, 6) is -0.223. The van der Waals surface area contributed by atoms with E-state index in [0.717, 1.165) is 22.4 Å². The summed E-state index contributed by atoms with van der Waals surface area (Å²) in [6.45, 7) is 5.89. The molecule has 0 unspecified atom stereocenters. The van der Waals surface area contributed by atoms with Gasteiger partial charge in [0.1, 0.15) is 0 Å². The van der Waals surface area contributed by atoms with Crippen LogP contribution in [0.3, 0.4) is 0 Å². The number of amides is 1. The quantitative estimate of drug-likeness (QED) is 0.626. The number of hydrogen-bond acceptors (Lipinski definition) is 4. The van der Waals surface area contributed by atoms with Crippen molar-refractivity contribution in [3.05, 3.63) is 62.2 Å². The molecule has 0 saturated heterocycles. The summed E-state index contributed by atoms with van der Waals surface area (Å²) in [5, 5.41) is 16.6. The Balaban J connectivity index is 2.03. The number of aryl methyl sites for hydroxylation is 3. The van der Waals surface area contributed by atoms with E-state index >= 15 is 0 Å². The summed E-state index contributed by atoms with van der Waals surface area (Å²) in [6, 6.07) is 8.07. The number of nitrogens with zero attached hydrogens (tertiary/aromatic N) is 1. The molecule has 2 aromatic carbocycles. The SMILES string of the molecule is Cc1cc(C)c(NC(=O)CNc2ccc([N+](=O)[O-])cc2Cl)c(C)c1. The molecule has 0 bridgehead atoms. The number of non-ortho nitro benzene ring substituents is 1. The van der Waals surface area contributed by atoms with Gasteiger partial charge in [0, 0.05) is 17.8 Å². The lowest BCUT2D eigenvalue weighted by Crippen LogP contribution is -2.22. The normalized spacial score (nSPS) is 10.3. The Bertz CT molecular complexity index is 783. The topological polar surface area (TPSA) is 84.3 Å². The molecule has 24 heavy (non-hydrogen) atoms. The van der Waals surface area contributed by atoms with Crippen molar-refractivity contribution in [3.8, 4) is 0 Å². The Morgan fingerprint density at radius 2 is 1.79 bits per heavy atom. The smallest absolute Gasteiger partial charge is 0.271 e. The summed E-state index contributed by atoms with van der Waals surface area (Å²) < 4.78 is 0. The van der Waals surface area contributed by atoms with Crippen molar-refractivity contribution in [1.82, 2.24) is 0 Å². The van der Waals surface area contributed by atoms with Crippen LogP contribution in [0.2, 0.25) is 5.02 Å². The lowest BCUT2D eigenvalue weighted by atomic mass is 10.1. The molecule has 0 aliphatic carbocycles. The van der Waals surface area contributed by atoms with Gasteiger partial charge in [0.05, 0.1) is 22.2 Å². The van der Waals surface area contributed by atoms with Gasteiger partial charge in [-0.05, 0) is 38.0 Å². The van der Waals surface area contributed by atoms with E-state index in [1.807, 2.05) is 32.9 Å². The summed E-state index contributed by atoms with van der Waals surface area (Å²) in [7, 11) is 0. The first-order valence-electron chi connectivity index (χ1n) is 7.33. The number of hydrogen-bond donors (Lipinski definition) is 2. The van der Waals surface area contributed by atoms with Crippen molar-refractivity contribution in [3.63, 3.8) is 0 Å². The molecule has 0 saturated carbocycles. The van der Waals surface area contributed by atoms with Crippen LogP contribution in [-0.2, 0) is 4.79 Å². The van der Waals surface area contributed by atoms with Gasteiger partial charge in [0.2, 0.25) is 5.91 Å². The predicted octanol–water partition coefficient (Wildman–Crippen LogP) is 4.22. The highest BCUT2D eigenvalue weighted by Crippen LogP contribution is 2.26. The number of halogens is 1. The van der Waals surface area contributed by atoms with E-state index in [-0.39, 0.29) is 23.2 Å². The highest BCUT2D eigenvalue weighted by molar-refractivity contribution is 6.33. The van der Waals surface area contributed by atoms with Gasteiger partial charge in [0.15, 0.2) is 0 Å². The van der Waals surface area contributed by atoms with Gasteiger partial charge in [-0.3, -0.25) is 14.9 Å². The zero-order valence-electron chi connectivity index (χ0n) is 13.6. The van der Waals surface area contributed by atoms with Crippen LogP contribution < -0.4 is 10.6 Å². The Kier molecular flexibility index (Phi) is 5.41. The van der Waals surface area contributed by atoms with Crippen molar-refractivity contribution in [2.24, 2.45) is 0 Å². The van der Waals surface area contributed by atoms with Crippen LogP contribution in [-0.4, -0.2) is 17.4 Å². The average molecular weight is 348 g/mol. The fourth-order valence-corrected chi connectivity index (χ4v) is 2.74. The Labute approximate surface area is 145 Å². The highest BCUT2D eigenvalue weighted by atomic mass is 35.5. The molecule has 0 heterocycles. The van der Waals surface area contributed by atoms with Gasteiger partial charge in [-0.1, -0.05) is 29.3 Å². The number of nitro groups is 1. The van der Waals surface area contributed by atoms with E-state index in [9.17, 15) is 14.9 Å². The Hall–Kier alpha value is -2.60. The molecule has 0 aromatic heterocycles. The number of benzene rings is 2. The first-order chi connectivity index (χ1) is 11.3. The molecule has 6 nitrogen and oxygen atoms in total. The molecule has 2 aromatic rings. The number of anilines is 2. The van der Waals surface area contributed by atoms with Gasteiger partial charge in [-0.2, -0.15) is 0 Å². The molecule has 126 valence electrons. The molecule has 1 amide bonds. The molecule has 0 fully saturated rings. The van der Waals surface area contributed by atoms with Crippen LogP contribution in [0.1, 0.15) is 16.7 Å².